The normalized spacial score (nSPS) is 15.7. The molecule has 13 heavy (non-hydrogen) atoms. The van der Waals surface area contributed by atoms with Crippen molar-refractivity contribution in [2.45, 2.75) is 19.1 Å². The molecule has 1 aromatic heterocycles. The molecule has 1 unspecified atom stereocenters. The predicted molar refractivity (Wildman–Crippen MR) is 48.0 cm³/mol. The quantitative estimate of drug-likeness (QED) is 0.720. The SMILES string of the molecule is COCc1ccc(C(C)(N)CO)o1. The lowest BCUT2D eigenvalue weighted by Gasteiger charge is -2.18. The topological polar surface area (TPSA) is 68.6 Å². The van der Waals surface area contributed by atoms with Crippen molar-refractivity contribution in [2.75, 3.05) is 13.7 Å². The maximum Gasteiger partial charge on any atom is 0.129 e. The number of rotatable bonds is 4. The highest BCUT2D eigenvalue weighted by Crippen LogP contribution is 2.20. The molecule has 1 atom stereocenters. The third-order valence-electron chi connectivity index (χ3n) is 1.84. The van der Waals surface area contributed by atoms with Crippen LogP contribution in [0.25, 0.3) is 0 Å². The molecule has 74 valence electrons. The average Bonchev–Trinajstić information content (AvgIpc) is 2.54. The molecule has 1 heterocycles. The second kappa shape index (κ2) is 3.91. The van der Waals surface area contributed by atoms with Gasteiger partial charge in [-0.05, 0) is 19.1 Å². The Bertz CT molecular complexity index is 268. The van der Waals surface area contributed by atoms with E-state index in [1.165, 1.54) is 0 Å². The van der Waals surface area contributed by atoms with E-state index in [1.54, 1.807) is 26.2 Å². The minimum Gasteiger partial charge on any atom is -0.462 e. The summed E-state index contributed by atoms with van der Waals surface area (Å²) in [6.45, 7) is 1.98. The highest BCUT2D eigenvalue weighted by Gasteiger charge is 2.23. The van der Waals surface area contributed by atoms with Gasteiger partial charge in [-0.3, -0.25) is 0 Å². The van der Waals surface area contributed by atoms with Crippen molar-refractivity contribution < 1.29 is 14.3 Å². The molecule has 0 amide bonds. The minimum atomic E-state index is -0.814. The molecule has 1 aromatic rings. The van der Waals surface area contributed by atoms with Crippen molar-refractivity contribution in [3.63, 3.8) is 0 Å². The Kier molecular flexibility index (Phi) is 3.08. The Labute approximate surface area is 77.3 Å². The van der Waals surface area contributed by atoms with Crippen LogP contribution in [0.2, 0.25) is 0 Å². The molecule has 3 N–H and O–H groups in total. The van der Waals surface area contributed by atoms with Gasteiger partial charge in [0.05, 0.1) is 12.1 Å². The molecular formula is C9H15NO3. The second-order valence-electron chi connectivity index (χ2n) is 3.27. The van der Waals surface area contributed by atoms with Crippen molar-refractivity contribution in [1.82, 2.24) is 0 Å². The van der Waals surface area contributed by atoms with E-state index >= 15 is 0 Å². The zero-order chi connectivity index (χ0) is 9.90. The first-order chi connectivity index (χ1) is 6.10. The molecule has 4 nitrogen and oxygen atoms in total. The van der Waals surface area contributed by atoms with Gasteiger partial charge in [0.15, 0.2) is 0 Å². The Balaban J connectivity index is 2.79. The standard InChI is InChI=1S/C9H15NO3/c1-9(10,6-11)8-4-3-7(13-8)5-12-2/h3-4,11H,5-6,10H2,1-2H3. The fraction of sp³-hybridized carbons (Fsp3) is 0.556. The number of nitrogens with two attached hydrogens (primary N) is 1. The fourth-order valence-corrected chi connectivity index (χ4v) is 0.983. The molecular weight excluding hydrogens is 170 g/mol. The molecule has 0 saturated carbocycles. The number of hydrogen-bond acceptors (Lipinski definition) is 4. The van der Waals surface area contributed by atoms with Gasteiger partial charge in [-0.15, -0.1) is 0 Å². The zero-order valence-electron chi connectivity index (χ0n) is 7.91. The number of methoxy groups -OCH3 is 1. The molecule has 0 fully saturated rings. The smallest absolute Gasteiger partial charge is 0.129 e. The summed E-state index contributed by atoms with van der Waals surface area (Å²) >= 11 is 0. The zero-order valence-corrected chi connectivity index (χ0v) is 7.91. The first-order valence-electron chi connectivity index (χ1n) is 4.08. The van der Waals surface area contributed by atoms with Crippen LogP contribution < -0.4 is 5.73 Å². The third-order valence-corrected chi connectivity index (χ3v) is 1.84. The summed E-state index contributed by atoms with van der Waals surface area (Å²) in [6.07, 6.45) is 0. The van der Waals surface area contributed by atoms with Gasteiger partial charge < -0.3 is 20.0 Å². The van der Waals surface area contributed by atoms with E-state index < -0.39 is 5.54 Å². The molecule has 0 aliphatic rings. The Morgan fingerprint density at radius 2 is 2.31 bits per heavy atom. The summed E-state index contributed by atoms with van der Waals surface area (Å²) in [6, 6.07) is 3.55. The fourth-order valence-electron chi connectivity index (χ4n) is 0.983. The van der Waals surface area contributed by atoms with Gasteiger partial charge in [-0.2, -0.15) is 0 Å². The third kappa shape index (κ3) is 2.30. The Morgan fingerprint density at radius 1 is 1.62 bits per heavy atom. The summed E-state index contributed by atoms with van der Waals surface area (Å²) in [5.41, 5.74) is 4.95. The summed E-state index contributed by atoms with van der Waals surface area (Å²) in [7, 11) is 1.59. The van der Waals surface area contributed by atoms with E-state index in [4.69, 9.17) is 20.0 Å². The van der Waals surface area contributed by atoms with E-state index in [0.29, 0.717) is 18.1 Å². The van der Waals surface area contributed by atoms with Gasteiger partial charge in [0.2, 0.25) is 0 Å². The largest absolute Gasteiger partial charge is 0.462 e. The lowest BCUT2D eigenvalue weighted by Crippen LogP contribution is -2.36. The van der Waals surface area contributed by atoms with Gasteiger partial charge in [-0.1, -0.05) is 0 Å². The van der Waals surface area contributed by atoms with Crippen LogP contribution in [0, 0.1) is 0 Å². The number of aliphatic hydroxyl groups excluding tert-OH is 1. The number of ether oxygens (including phenoxy) is 1. The monoisotopic (exact) mass is 185 g/mol. The summed E-state index contributed by atoms with van der Waals surface area (Å²) in [4.78, 5) is 0. The highest BCUT2D eigenvalue weighted by atomic mass is 16.5. The van der Waals surface area contributed by atoms with Crippen LogP contribution in [0.3, 0.4) is 0 Å². The van der Waals surface area contributed by atoms with E-state index in [2.05, 4.69) is 0 Å². The van der Waals surface area contributed by atoms with Crippen LogP contribution in [0.5, 0.6) is 0 Å². The van der Waals surface area contributed by atoms with Crippen LogP contribution in [0.15, 0.2) is 16.5 Å². The van der Waals surface area contributed by atoms with Crippen molar-refractivity contribution >= 4 is 0 Å². The maximum atomic E-state index is 8.97. The van der Waals surface area contributed by atoms with E-state index in [0.717, 1.165) is 0 Å². The van der Waals surface area contributed by atoms with Crippen molar-refractivity contribution in [3.05, 3.63) is 23.7 Å². The van der Waals surface area contributed by atoms with Gasteiger partial charge in [0.1, 0.15) is 18.1 Å². The van der Waals surface area contributed by atoms with Gasteiger partial charge in [0, 0.05) is 7.11 Å². The molecule has 4 heteroatoms. The lowest BCUT2D eigenvalue weighted by molar-refractivity contribution is 0.150. The van der Waals surface area contributed by atoms with Gasteiger partial charge >= 0.3 is 0 Å². The summed E-state index contributed by atoms with van der Waals surface area (Å²) < 4.78 is 10.3. The number of aliphatic hydroxyl groups is 1. The average molecular weight is 185 g/mol. The van der Waals surface area contributed by atoms with Crippen LogP contribution in [0.4, 0.5) is 0 Å². The number of hydrogen-bond donors (Lipinski definition) is 2. The van der Waals surface area contributed by atoms with Gasteiger partial charge in [-0.25, -0.2) is 0 Å². The molecule has 0 spiro atoms. The summed E-state index contributed by atoms with van der Waals surface area (Å²) in [5.74, 6) is 1.28. The Morgan fingerprint density at radius 3 is 2.85 bits per heavy atom. The summed E-state index contributed by atoms with van der Waals surface area (Å²) in [5, 5.41) is 8.97. The second-order valence-corrected chi connectivity index (χ2v) is 3.27. The first-order valence-corrected chi connectivity index (χ1v) is 4.08. The lowest BCUT2D eigenvalue weighted by atomic mass is 10.0. The van der Waals surface area contributed by atoms with Crippen LogP contribution >= 0.6 is 0 Å². The van der Waals surface area contributed by atoms with Crippen molar-refractivity contribution in [2.24, 2.45) is 5.73 Å². The van der Waals surface area contributed by atoms with Crippen LogP contribution in [-0.4, -0.2) is 18.8 Å². The van der Waals surface area contributed by atoms with Crippen molar-refractivity contribution in [3.8, 4) is 0 Å². The minimum absolute atomic E-state index is 0.146. The van der Waals surface area contributed by atoms with E-state index in [9.17, 15) is 0 Å². The predicted octanol–water partition coefficient (Wildman–Crippen LogP) is 0.592. The van der Waals surface area contributed by atoms with Gasteiger partial charge in [0.25, 0.3) is 0 Å². The van der Waals surface area contributed by atoms with E-state index in [-0.39, 0.29) is 6.61 Å². The van der Waals surface area contributed by atoms with Crippen LogP contribution in [-0.2, 0) is 16.9 Å². The molecule has 0 aromatic carbocycles. The maximum absolute atomic E-state index is 8.97. The van der Waals surface area contributed by atoms with Crippen LogP contribution in [0.1, 0.15) is 18.4 Å². The van der Waals surface area contributed by atoms with E-state index in [1.807, 2.05) is 0 Å². The molecule has 0 saturated heterocycles. The first kappa shape index (κ1) is 10.2. The highest BCUT2D eigenvalue weighted by molar-refractivity contribution is 5.14. The molecule has 0 aliphatic carbocycles. The number of furan rings is 1. The molecule has 0 bridgehead atoms. The molecule has 0 aliphatic heterocycles. The Hall–Kier alpha value is -0.840. The van der Waals surface area contributed by atoms with Crippen molar-refractivity contribution in [1.29, 1.82) is 0 Å². The molecule has 0 radical (unpaired) electrons. The molecule has 1 rings (SSSR count).